The van der Waals surface area contributed by atoms with Gasteiger partial charge in [0.05, 0.1) is 30.8 Å². The second kappa shape index (κ2) is 8.11. The van der Waals surface area contributed by atoms with E-state index >= 15 is 0 Å². The zero-order valence-corrected chi connectivity index (χ0v) is 14.7. The van der Waals surface area contributed by atoms with E-state index in [0.717, 1.165) is 6.42 Å². The molecule has 1 aromatic heterocycles. The van der Waals surface area contributed by atoms with Gasteiger partial charge >= 0.3 is 0 Å². The molecule has 1 amide bonds. The van der Waals surface area contributed by atoms with Gasteiger partial charge in [-0.05, 0) is 25.5 Å². The number of benzene rings is 1. The SMILES string of the molecule is CC1(CC(=O)N/N=C\c2ccc(-c3cccc([N+](=O)[O-])c3)o2)OCCCO1. The first kappa shape index (κ1) is 18.7. The van der Waals surface area contributed by atoms with Crippen LogP contribution in [0.4, 0.5) is 5.69 Å². The minimum Gasteiger partial charge on any atom is -0.455 e. The predicted molar refractivity (Wildman–Crippen MR) is 96.1 cm³/mol. The zero-order valence-electron chi connectivity index (χ0n) is 14.7. The van der Waals surface area contributed by atoms with Gasteiger partial charge in [-0.3, -0.25) is 14.9 Å². The number of carbonyl (C=O) groups is 1. The molecule has 0 unspecified atom stereocenters. The molecule has 1 N–H and O–H groups in total. The third kappa shape index (κ3) is 4.99. The quantitative estimate of drug-likeness (QED) is 0.473. The van der Waals surface area contributed by atoms with Gasteiger partial charge in [0, 0.05) is 17.7 Å². The minimum atomic E-state index is -0.933. The molecule has 0 saturated carbocycles. The number of nitro benzene ring substituents is 1. The third-order valence-electron chi connectivity index (χ3n) is 3.93. The first-order valence-electron chi connectivity index (χ1n) is 8.40. The van der Waals surface area contributed by atoms with Crippen molar-refractivity contribution in [3.8, 4) is 11.3 Å². The molecule has 9 nitrogen and oxygen atoms in total. The first-order chi connectivity index (χ1) is 13.0. The molecule has 1 aliphatic rings. The standard InChI is InChI=1S/C18H19N3O6/c1-18(25-8-3-9-26-18)11-17(22)20-19-12-15-6-7-16(27-15)13-4-2-5-14(10-13)21(23)24/h2,4-7,10,12H,3,8-9,11H2,1H3,(H,20,22)/b19-12-. The maximum Gasteiger partial charge on any atom is 0.270 e. The summed E-state index contributed by atoms with van der Waals surface area (Å²) in [5.41, 5.74) is 2.95. The number of rotatable bonds is 6. The number of hydrogen-bond acceptors (Lipinski definition) is 7. The van der Waals surface area contributed by atoms with Gasteiger partial charge < -0.3 is 13.9 Å². The van der Waals surface area contributed by atoms with Crippen molar-refractivity contribution in [1.82, 2.24) is 5.43 Å². The molecule has 1 fully saturated rings. The molecule has 2 aromatic rings. The Morgan fingerprint density at radius 1 is 1.33 bits per heavy atom. The zero-order chi connectivity index (χ0) is 19.3. The van der Waals surface area contributed by atoms with Crippen LogP contribution in [-0.2, 0) is 14.3 Å². The van der Waals surface area contributed by atoms with Crippen LogP contribution in [0.3, 0.4) is 0 Å². The molecule has 0 spiro atoms. The average Bonchev–Trinajstić information content (AvgIpc) is 3.11. The second-order valence-electron chi connectivity index (χ2n) is 6.16. The summed E-state index contributed by atoms with van der Waals surface area (Å²) in [6.07, 6.45) is 2.19. The normalized spacial score (nSPS) is 16.3. The van der Waals surface area contributed by atoms with E-state index in [2.05, 4.69) is 10.5 Å². The summed E-state index contributed by atoms with van der Waals surface area (Å²) in [7, 11) is 0. The van der Waals surface area contributed by atoms with Crippen LogP contribution in [0.1, 0.15) is 25.5 Å². The van der Waals surface area contributed by atoms with E-state index in [4.69, 9.17) is 13.9 Å². The smallest absolute Gasteiger partial charge is 0.270 e. The number of furan rings is 1. The molecule has 142 valence electrons. The van der Waals surface area contributed by atoms with Crippen LogP contribution in [0.5, 0.6) is 0 Å². The van der Waals surface area contributed by atoms with Crippen molar-refractivity contribution in [3.05, 3.63) is 52.3 Å². The van der Waals surface area contributed by atoms with E-state index in [1.165, 1.54) is 18.3 Å². The molecular formula is C18H19N3O6. The number of carbonyl (C=O) groups excluding carboxylic acids is 1. The highest BCUT2D eigenvalue weighted by Crippen LogP contribution is 2.25. The fourth-order valence-corrected chi connectivity index (χ4v) is 2.63. The van der Waals surface area contributed by atoms with Gasteiger partial charge in [0.15, 0.2) is 5.79 Å². The van der Waals surface area contributed by atoms with Crippen molar-refractivity contribution in [2.24, 2.45) is 5.10 Å². The van der Waals surface area contributed by atoms with Crippen molar-refractivity contribution in [3.63, 3.8) is 0 Å². The van der Waals surface area contributed by atoms with Crippen LogP contribution in [0.2, 0.25) is 0 Å². The van der Waals surface area contributed by atoms with Gasteiger partial charge in [0.2, 0.25) is 5.91 Å². The maximum absolute atomic E-state index is 12.0. The molecule has 1 aliphatic heterocycles. The lowest BCUT2D eigenvalue weighted by Crippen LogP contribution is -2.41. The van der Waals surface area contributed by atoms with Gasteiger partial charge in [0.1, 0.15) is 11.5 Å². The highest BCUT2D eigenvalue weighted by atomic mass is 16.7. The molecule has 3 rings (SSSR count). The molecule has 0 bridgehead atoms. The molecule has 9 heteroatoms. The van der Waals surface area contributed by atoms with E-state index in [-0.39, 0.29) is 18.0 Å². The molecule has 27 heavy (non-hydrogen) atoms. The van der Waals surface area contributed by atoms with Crippen molar-refractivity contribution >= 4 is 17.8 Å². The Labute approximate surface area is 155 Å². The number of ether oxygens (including phenoxy) is 2. The number of nitro groups is 1. The van der Waals surface area contributed by atoms with Crippen molar-refractivity contribution in [2.75, 3.05) is 13.2 Å². The van der Waals surface area contributed by atoms with E-state index in [0.29, 0.717) is 30.3 Å². The van der Waals surface area contributed by atoms with Crippen LogP contribution < -0.4 is 5.43 Å². The van der Waals surface area contributed by atoms with E-state index < -0.39 is 10.7 Å². The summed E-state index contributed by atoms with van der Waals surface area (Å²) in [6, 6.07) is 9.45. The van der Waals surface area contributed by atoms with Crippen molar-refractivity contribution in [2.45, 2.75) is 25.6 Å². The number of amides is 1. The Bertz CT molecular complexity index is 854. The van der Waals surface area contributed by atoms with Gasteiger partial charge in [0.25, 0.3) is 5.69 Å². The van der Waals surface area contributed by atoms with Crippen LogP contribution in [0.25, 0.3) is 11.3 Å². The number of nitrogens with one attached hydrogen (secondary N) is 1. The number of hydrazone groups is 1. The van der Waals surface area contributed by atoms with Gasteiger partial charge in [-0.25, -0.2) is 5.43 Å². The molecule has 0 atom stereocenters. The number of non-ortho nitro benzene ring substituents is 1. The number of hydrogen-bond donors (Lipinski definition) is 1. The van der Waals surface area contributed by atoms with Crippen LogP contribution >= 0.6 is 0 Å². The fraction of sp³-hybridized carbons (Fsp3) is 0.333. The number of nitrogens with zero attached hydrogens (tertiary/aromatic N) is 2. The summed E-state index contributed by atoms with van der Waals surface area (Å²) in [4.78, 5) is 22.3. The Balaban J connectivity index is 1.58. The third-order valence-corrected chi connectivity index (χ3v) is 3.93. The van der Waals surface area contributed by atoms with Crippen LogP contribution in [-0.4, -0.2) is 36.0 Å². The lowest BCUT2D eigenvalue weighted by atomic mass is 10.1. The Hall–Kier alpha value is -3.04. The van der Waals surface area contributed by atoms with Gasteiger partial charge in [-0.1, -0.05) is 12.1 Å². The largest absolute Gasteiger partial charge is 0.455 e. The summed E-state index contributed by atoms with van der Waals surface area (Å²) in [5.74, 6) is -0.421. The molecule has 1 saturated heterocycles. The van der Waals surface area contributed by atoms with Crippen molar-refractivity contribution in [1.29, 1.82) is 0 Å². The first-order valence-corrected chi connectivity index (χ1v) is 8.40. The highest BCUT2D eigenvalue weighted by molar-refractivity contribution is 5.81. The van der Waals surface area contributed by atoms with Gasteiger partial charge in [-0.2, -0.15) is 5.10 Å². The lowest BCUT2D eigenvalue weighted by molar-refractivity contribution is -0.384. The van der Waals surface area contributed by atoms with E-state index in [1.54, 1.807) is 31.2 Å². The van der Waals surface area contributed by atoms with E-state index in [1.807, 2.05) is 0 Å². The highest BCUT2D eigenvalue weighted by Gasteiger charge is 2.31. The predicted octanol–water partition coefficient (Wildman–Crippen LogP) is 2.85. The monoisotopic (exact) mass is 373 g/mol. The summed E-state index contributed by atoms with van der Waals surface area (Å²) < 4.78 is 16.5. The molecule has 0 radical (unpaired) electrons. The molecule has 0 aliphatic carbocycles. The maximum atomic E-state index is 12.0. The molecule has 2 heterocycles. The molecular weight excluding hydrogens is 354 g/mol. The Kier molecular flexibility index (Phi) is 5.63. The van der Waals surface area contributed by atoms with Crippen LogP contribution in [0, 0.1) is 10.1 Å². The minimum absolute atomic E-state index is 0.0213. The lowest BCUT2D eigenvalue weighted by Gasteiger charge is -2.33. The second-order valence-corrected chi connectivity index (χ2v) is 6.16. The summed E-state index contributed by atoms with van der Waals surface area (Å²) in [6.45, 7) is 2.83. The van der Waals surface area contributed by atoms with Gasteiger partial charge in [-0.15, -0.1) is 0 Å². The summed E-state index contributed by atoms with van der Waals surface area (Å²) in [5, 5.41) is 14.7. The molecule has 1 aromatic carbocycles. The van der Waals surface area contributed by atoms with Crippen molar-refractivity contribution < 1.29 is 23.6 Å². The Morgan fingerprint density at radius 3 is 2.85 bits per heavy atom. The topological polar surface area (TPSA) is 116 Å². The average molecular weight is 373 g/mol. The summed E-state index contributed by atoms with van der Waals surface area (Å²) >= 11 is 0. The fourth-order valence-electron chi connectivity index (χ4n) is 2.63. The van der Waals surface area contributed by atoms with E-state index in [9.17, 15) is 14.9 Å². The van der Waals surface area contributed by atoms with Crippen LogP contribution in [0.15, 0.2) is 45.9 Å². The Morgan fingerprint density at radius 2 is 2.11 bits per heavy atom.